The van der Waals surface area contributed by atoms with E-state index in [1.807, 2.05) is 25.1 Å². The van der Waals surface area contributed by atoms with Crippen molar-refractivity contribution >= 4 is 61.5 Å². The molecule has 220 valence electrons. The van der Waals surface area contributed by atoms with Crippen LogP contribution in [0.3, 0.4) is 0 Å². The summed E-state index contributed by atoms with van der Waals surface area (Å²) in [6, 6.07) is 15.0. The lowest BCUT2D eigenvalue weighted by atomic mass is 10.0. The van der Waals surface area contributed by atoms with E-state index in [9.17, 15) is 13.2 Å². The first kappa shape index (κ1) is 30.0. The van der Waals surface area contributed by atoms with Crippen LogP contribution >= 0.6 is 23.2 Å². The summed E-state index contributed by atoms with van der Waals surface area (Å²) in [6.45, 7) is 4.57. The fourth-order valence-electron chi connectivity index (χ4n) is 4.59. The second-order valence-corrected chi connectivity index (χ2v) is 12.5. The maximum absolute atomic E-state index is 13.8. The Morgan fingerprint density at radius 1 is 0.976 bits per heavy atom. The molecule has 0 radical (unpaired) electrons. The summed E-state index contributed by atoms with van der Waals surface area (Å²) in [7, 11) is -4.22. The van der Waals surface area contributed by atoms with E-state index in [1.54, 1.807) is 30.6 Å². The summed E-state index contributed by atoms with van der Waals surface area (Å²) in [5.41, 5.74) is 1.89. The number of esters is 1. The third-order valence-corrected chi connectivity index (χ3v) is 9.03. The fourth-order valence-corrected chi connectivity index (χ4v) is 6.71. The van der Waals surface area contributed by atoms with Crippen LogP contribution in [0.2, 0.25) is 10.0 Å². The molecule has 9 nitrogen and oxygen atoms in total. The topological polar surface area (TPSA) is 102 Å². The number of halogens is 2. The number of carbonyl (C=O) groups excluding carboxylic acids is 1. The zero-order chi connectivity index (χ0) is 29.7. The van der Waals surface area contributed by atoms with Crippen LogP contribution in [0.4, 0.5) is 11.5 Å². The number of ether oxygens (including phenoxy) is 2. The first-order valence-electron chi connectivity index (χ1n) is 13.6. The molecule has 0 aliphatic carbocycles. The first-order chi connectivity index (χ1) is 20.2. The Morgan fingerprint density at radius 2 is 1.69 bits per heavy atom. The highest BCUT2D eigenvalue weighted by molar-refractivity contribution is 7.92. The lowest BCUT2D eigenvalue weighted by molar-refractivity contribution is -0.141. The second-order valence-electron chi connectivity index (χ2n) is 9.80. The average Bonchev–Trinajstić information content (AvgIpc) is 2.99. The molecule has 5 rings (SSSR count). The molecule has 3 aromatic carbocycles. The molecular formula is C30H30Cl2N4O5S. The summed E-state index contributed by atoms with van der Waals surface area (Å²) in [5.74, 6) is 0.151. The van der Waals surface area contributed by atoms with E-state index >= 15 is 0 Å². The number of carbonyl (C=O) groups is 1. The number of anilines is 2. The van der Waals surface area contributed by atoms with Gasteiger partial charge in [-0.3, -0.25) is 14.1 Å². The first-order valence-corrected chi connectivity index (χ1v) is 15.8. The molecule has 1 saturated heterocycles. The van der Waals surface area contributed by atoms with Crippen LogP contribution in [0.15, 0.2) is 71.9 Å². The van der Waals surface area contributed by atoms with Gasteiger partial charge in [0.25, 0.3) is 10.0 Å². The Bertz CT molecular complexity index is 1660. The molecule has 2 heterocycles. The predicted octanol–water partition coefficient (Wildman–Crippen LogP) is 5.98. The summed E-state index contributed by atoms with van der Waals surface area (Å²) in [5, 5.41) is 1.97. The molecule has 4 aromatic rings. The van der Waals surface area contributed by atoms with Crippen molar-refractivity contribution in [1.29, 1.82) is 0 Å². The molecule has 0 saturated carbocycles. The molecule has 1 aliphatic heterocycles. The van der Waals surface area contributed by atoms with Crippen LogP contribution in [0.25, 0.3) is 22.0 Å². The molecule has 0 unspecified atom stereocenters. The third-order valence-electron chi connectivity index (χ3n) is 6.84. The number of sulfonamides is 1. The zero-order valence-corrected chi connectivity index (χ0v) is 25.3. The van der Waals surface area contributed by atoms with Gasteiger partial charge in [0.15, 0.2) is 0 Å². The molecule has 0 N–H and O–H groups in total. The van der Waals surface area contributed by atoms with Gasteiger partial charge in [0.2, 0.25) is 0 Å². The van der Waals surface area contributed by atoms with Crippen molar-refractivity contribution in [3.05, 3.63) is 77.0 Å². The average molecular weight is 630 g/mol. The van der Waals surface area contributed by atoms with E-state index in [-0.39, 0.29) is 21.5 Å². The maximum atomic E-state index is 13.8. The van der Waals surface area contributed by atoms with Gasteiger partial charge < -0.3 is 14.4 Å². The fraction of sp³-hybridized carbons (Fsp3) is 0.300. The van der Waals surface area contributed by atoms with E-state index in [0.717, 1.165) is 51.7 Å². The van der Waals surface area contributed by atoms with E-state index in [0.29, 0.717) is 25.3 Å². The quantitative estimate of drug-likeness (QED) is 0.156. The van der Waals surface area contributed by atoms with Crippen LogP contribution in [-0.2, 0) is 24.3 Å². The number of rotatable bonds is 10. The molecule has 0 spiro atoms. The summed E-state index contributed by atoms with van der Waals surface area (Å²) >= 11 is 12.2. The smallest absolute Gasteiger partial charge is 0.326 e. The summed E-state index contributed by atoms with van der Waals surface area (Å²) in [6.07, 6.45) is 5.03. The van der Waals surface area contributed by atoms with E-state index in [4.69, 9.17) is 32.7 Å². The molecule has 1 fully saturated rings. The van der Waals surface area contributed by atoms with Gasteiger partial charge in [-0.15, -0.1) is 0 Å². The molecule has 1 aliphatic rings. The third kappa shape index (κ3) is 6.95. The number of aromatic nitrogens is 2. The minimum absolute atomic E-state index is 0.129. The van der Waals surface area contributed by atoms with Crippen LogP contribution in [-0.4, -0.2) is 63.8 Å². The highest BCUT2D eigenvalue weighted by atomic mass is 35.5. The van der Waals surface area contributed by atoms with Crippen molar-refractivity contribution in [2.24, 2.45) is 0 Å². The summed E-state index contributed by atoms with van der Waals surface area (Å²) < 4.78 is 39.3. The van der Waals surface area contributed by atoms with Gasteiger partial charge in [0, 0.05) is 28.7 Å². The zero-order valence-electron chi connectivity index (χ0n) is 23.0. The Morgan fingerprint density at radius 3 is 2.38 bits per heavy atom. The van der Waals surface area contributed by atoms with Crippen molar-refractivity contribution in [2.45, 2.75) is 24.7 Å². The number of hydrogen-bond donors (Lipinski definition) is 0. The number of fused-ring (bicyclic) bond motifs is 1. The minimum atomic E-state index is -4.22. The highest BCUT2D eigenvalue weighted by Gasteiger charge is 2.29. The number of nitrogens with zero attached hydrogens (tertiary/aromatic N) is 4. The van der Waals surface area contributed by atoms with Gasteiger partial charge in [0.1, 0.15) is 12.4 Å². The van der Waals surface area contributed by atoms with Crippen molar-refractivity contribution in [3.63, 3.8) is 0 Å². The lowest BCUT2D eigenvalue weighted by Crippen LogP contribution is -2.36. The Balaban J connectivity index is 1.45. The van der Waals surface area contributed by atoms with Crippen LogP contribution in [0.1, 0.15) is 19.8 Å². The number of unbranched alkanes of at least 4 members (excludes halogenated alkanes) is 1. The Labute approximate surface area is 255 Å². The molecular weight excluding hydrogens is 599 g/mol. The lowest BCUT2D eigenvalue weighted by Gasteiger charge is -2.27. The monoisotopic (exact) mass is 628 g/mol. The Kier molecular flexibility index (Phi) is 9.47. The van der Waals surface area contributed by atoms with Crippen molar-refractivity contribution in [1.82, 2.24) is 9.97 Å². The second kappa shape index (κ2) is 13.2. The van der Waals surface area contributed by atoms with Crippen LogP contribution < -0.4 is 9.21 Å². The minimum Gasteiger partial charge on any atom is -0.464 e. The van der Waals surface area contributed by atoms with Gasteiger partial charge >= 0.3 is 5.97 Å². The van der Waals surface area contributed by atoms with Crippen molar-refractivity contribution < 1.29 is 22.7 Å². The SMILES string of the molecule is CCCCOC(=O)CN(c1ccc2cc(-c3cnc(N4CCOCC4)cn3)ccc2c1)S(=O)(=O)c1cc(Cl)cc(Cl)c1. The standard InChI is InChI=1S/C30H30Cl2N4O5S/c1-2-3-10-41-30(37)20-36(42(38,39)27-16-24(31)15-25(32)17-27)26-7-6-21-13-23(5-4-22(21)14-26)28-18-34-29(19-33-28)35-8-11-40-12-9-35/h4-7,13-19H,2-3,8-12,20H2,1H3. The molecule has 42 heavy (non-hydrogen) atoms. The molecule has 0 bridgehead atoms. The van der Waals surface area contributed by atoms with E-state index < -0.39 is 22.5 Å². The predicted molar refractivity (Wildman–Crippen MR) is 165 cm³/mol. The summed E-state index contributed by atoms with van der Waals surface area (Å²) in [4.78, 5) is 23.9. The molecule has 12 heteroatoms. The maximum Gasteiger partial charge on any atom is 0.326 e. The highest BCUT2D eigenvalue weighted by Crippen LogP contribution is 2.32. The van der Waals surface area contributed by atoms with Gasteiger partial charge in [0.05, 0.1) is 48.5 Å². The Hall–Kier alpha value is -3.44. The van der Waals surface area contributed by atoms with Gasteiger partial charge in [-0.2, -0.15) is 0 Å². The number of benzene rings is 3. The van der Waals surface area contributed by atoms with E-state index in [1.165, 1.54) is 18.2 Å². The van der Waals surface area contributed by atoms with Crippen LogP contribution in [0, 0.1) is 0 Å². The normalized spacial score (nSPS) is 13.7. The van der Waals surface area contributed by atoms with Gasteiger partial charge in [-0.1, -0.05) is 54.7 Å². The van der Waals surface area contributed by atoms with Gasteiger partial charge in [-0.25, -0.2) is 13.4 Å². The number of hydrogen-bond acceptors (Lipinski definition) is 8. The van der Waals surface area contributed by atoms with Gasteiger partial charge in [-0.05, 0) is 53.6 Å². The number of morpholine rings is 1. The van der Waals surface area contributed by atoms with Crippen molar-refractivity contribution in [2.75, 3.05) is 48.7 Å². The largest absolute Gasteiger partial charge is 0.464 e. The van der Waals surface area contributed by atoms with Crippen LogP contribution in [0.5, 0.6) is 0 Å². The van der Waals surface area contributed by atoms with E-state index in [2.05, 4.69) is 14.9 Å². The molecule has 0 atom stereocenters. The van der Waals surface area contributed by atoms with Crippen molar-refractivity contribution in [3.8, 4) is 11.3 Å². The molecule has 0 amide bonds. The molecule has 1 aromatic heterocycles.